The van der Waals surface area contributed by atoms with Crippen molar-refractivity contribution in [1.82, 2.24) is 0 Å². The van der Waals surface area contributed by atoms with Crippen LogP contribution in [0.1, 0.15) is 82.5 Å². The van der Waals surface area contributed by atoms with E-state index < -0.39 is 88.5 Å². The largest absolute Gasteiger partial charge is 0.457 e. The SMILES string of the molecule is CC(=O)O[C@@H]1[C@@H](C)/C=C/C(C)(C)[C@]2(O)O[C@](C)(/C=C3\[C@H](OC(=O)c4ccccc4)[C@@H](C)C[C@]31OC(C)=O)[C@@H](OC(=O)c1ccccc1)[C@H]2OC(C)=O. The highest BCUT2D eigenvalue weighted by Crippen LogP contribution is 2.55. The first-order valence-electron chi connectivity index (χ1n) is 17.2. The molecule has 9 atom stereocenters. The molecule has 2 bridgehead atoms. The number of fused-ring (bicyclic) bond motifs is 3. The minimum Gasteiger partial charge on any atom is -0.457 e. The van der Waals surface area contributed by atoms with Gasteiger partial charge in [-0.15, -0.1) is 0 Å². The smallest absolute Gasteiger partial charge is 0.338 e. The highest BCUT2D eigenvalue weighted by atomic mass is 16.7. The Balaban J connectivity index is 1.82. The van der Waals surface area contributed by atoms with Crippen molar-refractivity contribution in [3.8, 4) is 0 Å². The third-order valence-electron chi connectivity index (χ3n) is 10.1. The zero-order valence-electron chi connectivity index (χ0n) is 30.6. The molecule has 1 N–H and O–H groups in total. The van der Waals surface area contributed by atoms with Gasteiger partial charge in [0.05, 0.1) is 11.1 Å². The van der Waals surface area contributed by atoms with E-state index in [4.69, 9.17) is 28.4 Å². The number of hydrogen-bond donors (Lipinski definition) is 1. The fourth-order valence-electron chi connectivity index (χ4n) is 7.64. The summed E-state index contributed by atoms with van der Waals surface area (Å²) >= 11 is 0. The van der Waals surface area contributed by atoms with Crippen molar-refractivity contribution in [1.29, 1.82) is 0 Å². The number of esters is 5. The number of carbonyl (C=O) groups excluding carboxylic acids is 5. The average molecular weight is 719 g/mol. The maximum absolute atomic E-state index is 13.7. The first-order chi connectivity index (χ1) is 24.3. The van der Waals surface area contributed by atoms with Crippen LogP contribution < -0.4 is 0 Å². The molecule has 2 fully saturated rings. The van der Waals surface area contributed by atoms with Gasteiger partial charge in [0, 0.05) is 50.0 Å². The molecule has 5 rings (SSSR count). The predicted molar refractivity (Wildman–Crippen MR) is 185 cm³/mol. The standard InChI is InChI=1S/C40H46O12/c1-23-19-20-37(6,7)40(46)34(48-26(4)42)33(50-36(45)29-17-13-10-14-18-29)38(8,52-40)22-30-31(49-35(44)28-15-11-9-12-16-28)24(2)21-39(30,51-27(5)43)32(23)47-25(3)41/h9-20,22-24,31-34,46H,21H2,1-8H3/b20-19+,30-22+/t23-,24-,31+,32+,33-,34+,38+,39-,40+/m0/s1. The van der Waals surface area contributed by atoms with Crippen molar-refractivity contribution in [2.45, 2.75) is 103 Å². The lowest BCUT2D eigenvalue weighted by atomic mass is 9.75. The van der Waals surface area contributed by atoms with Gasteiger partial charge in [0.25, 0.3) is 0 Å². The van der Waals surface area contributed by atoms with Gasteiger partial charge in [-0.25, -0.2) is 9.59 Å². The van der Waals surface area contributed by atoms with Crippen LogP contribution in [0.2, 0.25) is 0 Å². The van der Waals surface area contributed by atoms with Gasteiger partial charge in [-0.1, -0.05) is 76.2 Å². The van der Waals surface area contributed by atoms with Gasteiger partial charge in [0.15, 0.2) is 23.9 Å². The molecule has 1 saturated heterocycles. The zero-order chi connectivity index (χ0) is 38.2. The van der Waals surface area contributed by atoms with Crippen LogP contribution in [0.4, 0.5) is 0 Å². The third kappa shape index (κ3) is 7.14. The number of benzene rings is 2. The van der Waals surface area contributed by atoms with Gasteiger partial charge in [-0.2, -0.15) is 0 Å². The summed E-state index contributed by atoms with van der Waals surface area (Å²) in [6.45, 7) is 12.0. The topological polar surface area (TPSA) is 161 Å². The monoisotopic (exact) mass is 718 g/mol. The van der Waals surface area contributed by atoms with Crippen molar-refractivity contribution in [2.24, 2.45) is 17.3 Å². The Bertz CT molecular complexity index is 1770. The van der Waals surface area contributed by atoms with Gasteiger partial charge in [-0.05, 0) is 37.3 Å². The zero-order valence-corrected chi connectivity index (χ0v) is 30.6. The molecule has 2 aromatic carbocycles. The molecular weight excluding hydrogens is 672 g/mol. The molecule has 0 amide bonds. The van der Waals surface area contributed by atoms with Gasteiger partial charge >= 0.3 is 29.8 Å². The van der Waals surface area contributed by atoms with E-state index >= 15 is 0 Å². The van der Waals surface area contributed by atoms with Crippen molar-refractivity contribution < 1.29 is 57.5 Å². The molecule has 0 spiro atoms. The van der Waals surface area contributed by atoms with E-state index in [0.717, 1.165) is 6.92 Å². The normalized spacial score (nSPS) is 35.0. The Morgan fingerprint density at radius 1 is 0.712 bits per heavy atom. The maximum Gasteiger partial charge on any atom is 0.338 e. The molecule has 1 saturated carbocycles. The van der Waals surface area contributed by atoms with Gasteiger partial charge in [0.2, 0.25) is 5.79 Å². The molecule has 52 heavy (non-hydrogen) atoms. The fraction of sp³-hybridized carbons (Fsp3) is 0.475. The van der Waals surface area contributed by atoms with Crippen molar-refractivity contribution in [3.05, 3.63) is 95.6 Å². The van der Waals surface area contributed by atoms with Gasteiger partial charge in [-0.3, -0.25) is 14.4 Å². The molecule has 2 aliphatic heterocycles. The minimum absolute atomic E-state index is 0.0346. The summed E-state index contributed by atoms with van der Waals surface area (Å²) in [5.74, 6) is -7.18. The molecule has 2 heterocycles. The lowest BCUT2D eigenvalue weighted by Gasteiger charge is -2.41. The van der Waals surface area contributed by atoms with Gasteiger partial charge < -0.3 is 33.5 Å². The Kier molecular flexibility index (Phi) is 10.6. The second kappa shape index (κ2) is 14.3. The van der Waals surface area contributed by atoms with Crippen LogP contribution in [0.15, 0.2) is 84.5 Å². The first-order valence-corrected chi connectivity index (χ1v) is 17.2. The van der Waals surface area contributed by atoms with E-state index in [-0.39, 0.29) is 23.1 Å². The Morgan fingerprint density at radius 2 is 1.23 bits per heavy atom. The van der Waals surface area contributed by atoms with Crippen LogP contribution in [0.25, 0.3) is 0 Å². The van der Waals surface area contributed by atoms with Crippen LogP contribution in [0, 0.1) is 17.3 Å². The molecule has 12 nitrogen and oxygen atoms in total. The van der Waals surface area contributed by atoms with E-state index in [0.29, 0.717) is 0 Å². The molecule has 0 radical (unpaired) electrons. The quantitative estimate of drug-likeness (QED) is 0.225. The number of aliphatic hydroxyl groups is 1. The molecular formula is C40H46O12. The summed E-state index contributed by atoms with van der Waals surface area (Å²) < 4.78 is 37.0. The molecule has 3 aliphatic rings. The summed E-state index contributed by atoms with van der Waals surface area (Å²) in [6, 6.07) is 16.4. The fourth-order valence-corrected chi connectivity index (χ4v) is 7.64. The molecule has 0 unspecified atom stereocenters. The van der Waals surface area contributed by atoms with E-state index in [1.165, 1.54) is 26.8 Å². The minimum atomic E-state index is -2.34. The first kappa shape index (κ1) is 38.4. The molecule has 12 heteroatoms. The summed E-state index contributed by atoms with van der Waals surface area (Å²) in [4.78, 5) is 65.9. The highest BCUT2D eigenvalue weighted by Gasteiger charge is 2.70. The third-order valence-corrected chi connectivity index (χ3v) is 10.1. The summed E-state index contributed by atoms with van der Waals surface area (Å²) in [6.07, 6.45) is -0.550. The summed E-state index contributed by atoms with van der Waals surface area (Å²) in [5, 5.41) is 12.6. The number of rotatable bonds is 7. The van der Waals surface area contributed by atoms with Crippen LogP contribution in [0.5, 0.6) is 0 Å². The van der Waals surface area contributed by atoms with E-state index in [2.05, 4.69) is 0 Å². The number of ether oxygens (including phenoxy) is 6. The number of carbonyl (C=O) groups is 5. The Hall–Kier alpha value is -4.81. The van der Waals surface area contributed by atoms with E-state index in [1.54, 1.807) is 101 Å². The Morgan fingerprint density at radius 3 is 1.75 bits per heavy atom. The predicted octanol–water partition coefficient (Wildman–Crippen LogP) is 5.28. The van der Waals surface area contributed by atoms with Crippen molar-refractivity contribution in [2.75, 3.05) is 0 Å². The van der Waals surface area contributed by atoms with Crippen molar-refractivity contribution in [3.63, 3.8) is 0 Å². The summed E-state index contributed by atoms with van der Waals surface area (Å²) in [5.41, 5.74) is -4.38. The van der Waals surface area contributed by atoms with E-state index in [1.807, 2.05) is 0 Å². The maximum atomic E-state index is 13.7. The Labute approximate surface area is 303 Å². The lowest BCUT2D eigenvalue weighted by Crippen LogP contribution is -2.56. The lowest BCUT2D eigenvalue weighted by molar-refractivity contribution is -0.285. The summed E-state index contributed by atoms with van der Waals surface area (Å²) in [7, 11) is 0. The molecule has 1 aliphatic carbocycles. The van der Waals surface area contributed by atoms with Gasteiger partial charge in [0.1, 0.15) is 11.7 Å². The van der Waals surface area contributed by atoms with E-state index in [9.17, 15) is 29.1 Å². The second-order valence-electron chi connectivity index (χ2n) is 14.6. The average Bonchev–Trinajstić information content (AvgIpc) is 3.44. The highest BCUT2D eigenvalue weighted by molar-refractivity contribution is 5.90. The van der Waals surface area contributed by atoms with Crippen LogP contribution in [-0.4, -0.2) is 76.4 Å². The molecule has 278 valence electrons. The molecule has 2 aromatic rings. The van der Waals surface area contributed by atoms with Crippen LogP contribution in [-0.2, 0) is 42.8 Å². The number of hydrogen-bond acceptors (Lipinski definition) is 12. The molecule has 0 aromatic heterocycles. The van der Waals surface area contributed by atoms with Crippen LogP contribution in [0.3, 0.4) is 0 Å². The van der Waals surface area contributed by atoms with Crippen molar-refractivity contribution >= 4 is 29.8 Å². The van der Waals surface area contributed by atoms with Crippen LogP contribution >= 0.6 is 0 Å². The second-order valence-corrected chi connectivity index (χ2v) is 14.6.